The number of carbonyl (C=O) groups excluding carboxylic acids is 1. The first-order valence-corrected chi connectivity index (χ1v) is 8.35. The number of H-pyrrole nitrogens is 1. The molecule has 2 N–H and O–H groups in total. The first kappa shape index (κ1) is 16.2. The van der Waals surface area contributed by atoms with E-state index in [4.69, 9.17) is 0 Å². The van der Waals surface area contributed by atoms with E-state index in [2.05, 4.69) is 21.4 Å². The van der Waals surface area contributed by atoms with Gasteiger partial charge >= 0.3 is 0 Å². The molecule has 1 aliphatic rings. The van der Waals surface area contributed by atoms with Gasteiger partial charge in [-0.3, -0.25) is 9.59 Å². The van der Waals surface area contributed by atoms with E-state index in [9.17, 15) is 9.59 Å². The minimum absolute atomic E-state index is 0.0484. The molecule has 1 aromatic heterocycles. The van der Waals surface area contributed by atoms with E-state index in [0.29, 0.717) is 12.4 Å². The smallest absolute Gasteiger partial charge is 0.264 e. The van der Waals surface area contributed by atoms with Crippen LogP contribution in [-0.2, 0) is 0 Å². The third-order valence-electron chi connectivity index (χ3n) is 4.21. The lowest BCUT2D eigenvalue weighted by atomic mass is 9.97. The van der Waals surface area contributed by atoms with Crippen molar-refractivity contribution in [3.8, 4) is 11.4 Å². The number of amides is 1. The molecule has 2 aromatic rings. The summed E-state index contributed by atoms with van der Waals surface area (Å²) in [6.45, 7) is 0.546. The van der Waals surface area contributed by atoms with E-state index in [1.807, 2.05) is 30.3 Å². The van der Waals surface area contributed by atoms with Gasteiger partial charge in [-0.25, -0.2) is 4.98 Å². The summed E-state index contributed by atoms with van der Waals surface area (Å²) >= 11 is 0. The summed E-state index contributed by atoms with van der Waals surface area (Å²) in [7, 11) is 0. The predicted octanol–water partition coefficient (Wildman–Crippen LogP) is 3.06. The molecule has 1 amide bonds. The Hall–Kier alpha value is -2.69. The van der Waals surface area contributed by atoms with Crippen LogP contribution in [0.4, 0.5) is 0 Å². The Bertz CT molecular complexity index is 794. The monoisotopic (exact) mass is 323 g/mol. The van der Waals surface area contributed by atoms with Crippen molar-refractivity contribution in [3.05, 3.63) is 64.1 Å². The number of nitrogens with zero attached hydrogens (tertiary/aromatic N) is 1. The van der Waals surface area contributed by atoms with Gasteiger partial charge in [0.15, 0.2) is 0 Å². The third kappa shape index (κ3) is 3.98. The van der Waals surface area contributed by atoms with Gasteiger partial charge in [0.2, 0.25) is 0 Å². The molecule has 0 aliphatic heterocycles. The zero-order chi connectivity index (χ0) is 16.8. The molecule has 1 heterocycles. The molecular formula is C19H21N3O2. The fourth-order valence-corrected chi connectivity index (χ4v) is 2.86. The van der Waals surface area contributed by atoms with Crippen molar-refractivity contribution >= 4 is 5.91 Å². The molecule has 5 nitrogen and oxygen atoms in total. The average Bonchev–Trinajstić information content (AvgIpc) is 2.63. The standard InChI is InChI=1S/C19H21N3O2/c23-18(20-12-11-14-7-3-1-4-8-14)16-13-21-17(22-19(16)24)15-9-5-2-6-10-15/h2,5-7,9-10,13H,1,3-4,8,11-12H2,(H,20,23)(H,21,22,24). The van der Waals surface area contributed by atoms with Crippen molar-refractivity contribution in [2.45, 2.75) is 32.1 Å². The van der Waals surface area contributed by atoms with Crippen molar-refractivity contribution in [1.82, 2.24) is 15.3 Å². The summed E-state index contributed by atoms with van der Waals surface area (Å²) < 4.78 is 0. The highest BCUT2D eigenvalue weighted by molar-refractivity contribution is 5.93. The van der Waals surface area contributed by atoms with Crippen LogP contribution in [0.2, 0.25) is 0 Å². The topological polar surface area (TPSA) is 74.8 Å². The zero-order valence-corrected chi connectivity index (χ0v) is 13.5. The van der Waals surface area contributed by atoms with Crippen LogP contribution in [0.25, 0.3) is 11.4 Å². The molecule has 0 fully saturated rings. The Morgan fingerprint density at radius 3 is 2.75 bits per heavy atom. The van der Waals surface area contributed by atoms with Crippen LogP contribution in [-0.4, -0.2) is 22.4 Å². The van der Waals surface area contributed by atoms with Gasteiger partial charge in [0.1, 0.15) is 11.4 Å². The maximum Gasteiger partial charge on any atom is 0.264 e. The summed E-state index contributed by atoms with van der Waals surface area (Å²) in [5.74, 6) is 0.0873. The normalized spacial score (nSPS) is 14.1. The molecule has 24 heavy (non-hydrogen) atoms. The van der Waals surface area contributed by atoms with Gasteiger partial charge in [0.25, 0.3) is 11.5 Å². The van der Waals surface area contributed by atoms with Crippen LogP contribution in [0.5, 0.6) is 0 Å². The molecule has 1 aliphatic carbocycles. The molecule has 0 spiro atoms. The number of aromatic amines is 1. The van der Waals surface area contributed by atoms with E-state index in [0.717, 1.165) is 24.8 Å². The second kappa shape index (κ2) is 7.73. The molecule has 0 unspecified atom stereocenters. The first-order chi connectivity index (χ1) is 11.7. The second-order valence-corrected chi connectivity index (χ2v) is 5.95. The van der Waals surface area contributed by atoms with Crippen molar-refractivity contribution < 1.29 is 4.79 Å². The number of rotatable bonds is 5. The van der Waals surface area contributed by atoms with Crippen LogP contribution >= 0.6 is 0 Å². The SMILES string of the molecule is O=C(NCCC1=CCCCC1)c1cnc(-c2ccccc2)[nH]c1=O. The van der Waals surface area contributed by atoms with Gasteiger partial charge in [-0.05, 0) is 32.1 Å². The van der Waals surface area contributed by atoms with E-state index < -0.39 is 5.56 Å². The van der Waals surface area contributed by atoms with Crippen molar-refractivity contribution in [2.75, 3.05) is 6.54 Å². The minimum Gasteiger partial charge on any atom is -0.351 e. The molecule has 0 saturated carbocycles. The molecule has 0 atom stereocenters. The Balaban J connectivity index is 1.63. The van der Waals surface area contributed by atoms with Gasteiger partial charge in [0, 0.05) is 18.3 Å². The Kier molecular flexibility index (Phi) is 5.21. The van der Waals surface area contributed by atoms with Gasteiger partial charge in [-0.2, -0.15) is 0 Å². The largest absolute Gasteiger partial charge is 0.351 e. The molecular weight excluding hydrogens is 302 g/mol. The third-order valence-corrected chi connectivity index (χ3v) is 4.21. The fourth-order valence-electron chi connectivity index (χ4n) is 2.86. The van der Waals surface area contributed by atoms with E-state index in [1.165, 1.54) is 24.6 Å². The van der Waals surface area contributed by atoms with Crippen molar-refractivity contribution in [1.29, 1.82) is 0 Å². The van der Waals surface area contributed by atoms with Gasteiger partial charge in [-0.15, -0.1) is 0 Å². The fraction of sp³-hybridized carbons (Fsp3) is 0.316. The van der Waals surface area contributed by atoms with Crippen molar-refractivity contribution in [3.63, 3.8) is 0 Å². The number of benzene rings is 1. The lowest BCUT2D eigenvalue weighted by Crippen LogP contribution is -2.31. The maximum absolute atomic E-state index is 12.2. The summed E-state index contributed by atoms with van der Waals surface area (Å²) in [5.41, 5.74) is 1.84. The van der Waals surface area contributed by atoms with Crippen LogP contribution < -0.4 is 10.9 Å². The highest BCUT2D eigenvalue weighted by atomic mass is 16.2. The number of nitrogens with one attached hydrogen (secondary N) is 2. The number of allylic oxidation sites excluding steroid dienone is 1. The average molecular weight is 323 g/mol. The Labute approximate surface area is 140 Å². The molecule has 5 heteroatoms. The van der Waals surface area contributed by atoms with Gasteiger partial charge in [0.05, 0.1) is 0 Å². The first-order valence-electron chi connectivity index (χ1n) is 8.35. The Morgan fingerprint density at radius 2 is 2.04 bits per heavy atom. The summed E-state index contributed by atoms with van der Waals surface area (Å²) in [6, 6.07) is 9.35. The van der Waals surface area contributed by atoms with Crippen LogP contribution in [0.1, 0.15) is 42.5 Å². The highest BCUT2D eigenvalue weighted by Crippen LogP contribution is 2.19. The zero-order valence-electron chi connectivity index (χ0n) is 13.5. The lowest BCUT2D eigenvalue weighted by Gasteiger charge is -2.12. The van der Waals surface area contributed by atoms with Crippen LogP contribution in [0.15, 0.2) is 53.0 Å². The number of hydrogen-bond donors (Lipinski definition) is 2. The van der Waals surface area contributed by atoms with Gasteiger partial charge < -0.3 is 10.3 Å². The molecule has 1 aromatic carbocycles. The molecule has 124 valence electrons. The molecule has 0 radical (unpaired) electrons. The summed E-state index contributed by atoms with van der Waals surface area (Å²) in [6.07, 6.45) is 9.18. The van der Waals surface area contributed by atoms with E-state index in [-0.39, 0.29) is 11.5 Å². The van der Waals surface area contributed by atoms with Crippen LogP contribution in [0, 0.1) is 0 Å². The minimum atomic E-state index is -0.418. The summed E-state index contributed by atoms with van der Waals surface area (Å²) in [4.78, 5) is 31.2. The number of aromatic nitrogens is 2. The van der Waals surface area contributed by atoms with Gasteiger partial charge in [-0.1, -0.05) is 42.0 Å². The second-order valence-electron chi connectivity index (χ2n) is 5.95. The maximum atomic E-state index is 12.2. The van der Waals surface area contributed by atoms with E-state index in [1.54, 1.807) is 0 Å². The molecule has 3 rings (SSSR count). The summed E-state index contributed by atoms with van der Waals surface area (Å²) in [5, 5.41) is 2.81. The predicted molar refractivity (Wildman–Crippen MR) is 93.8 cm³/mol. The van der Waals surface area contributed by atoms with Crippen LogP contribution in [0.3, 0.4) is 0 Å². The Morgan fingerprint density at radius 1 is 1.21 bits per heavy atom. The lowest BCUT2D eigenvalue weighted by molar-refractivity contribution is 0.0952. The van der Waals surface area contributed by atoms with E-state index >= 15 is 0 Å². The number of hydrogen-bond acceptors (Lipinski definition) is 3. The quantitative estimate of drug-likeness (QED) is 0.830. The molecule has 0 saturated heterocycles. The molecule has 0 bridgehead atoms. The number of carbonyl (C=O) groups is 1. The van der Waals surface area contributed by atoms with Crippen molar-refractivity contribution in [2.24, 2.45) is 0 Å². The highest BCUT2D eigenvalue weighted by Gasteiger charge is 2.12.